The largest absolute Gasteiger partial charge is 0.475 e. The van der Waals surface area contributed by atoms with Crippen LogP contribution in [0.5, 0.6) is 5.75 Å². The van der Waals surface area contributed by atoms with Crippen molar-refractivity contribution in [3.63, 3.8) is 0 Å². The van der Waals surface area contributed by atoms with Crippen molar-refractivity contribution in [3.05, 3.63) is 58.1 Å². The van der Waals surface area contributed by atoms with Gasteiger partial charge in [-0.25, -0.2) is 4.79 Å². The number of methoxy groups -OCH3 is 1. The molecule has 3 rings (SSSR count). The van der Waals surface area contributed by atoms with E-state index >= 15 is 0 Å². The zero-order chi connectivity index (χ0) is 18.8. The van der Waals surface area contributed by atoms with Crippen molar-refractivity contribution in [2.75, 3.05) is 18.6 Å². The predicted octanol–water partition coefficient (Wildman–Crippen LogP) is 2.87. The summed E-state index contributed by atoms with van der Waals surface area (Å²) in [5, 5.41) is 11.6. The highest BCUT2D eigenvalue weighted by atomic mass is 16.6. The number of esters is 1. The van der Waals surface area contributed by atoms with Gasteiger partial charge in [0, 0.05) is 11.6 Å². The lowest BCUT2D eigenvalue weighted by atomic mass is 10.1. The minimum Gasteiger partial charge on any atom is -0.475 e. The third-order valence-corrected chi connectivity index (χ3v) is 4.11. The molecule has 134 valence electrons. The van der Waals surface area contributed by atoms with Gasteiger partial charge in [0.25, 0.3) is 5.69 Å². The van der Waals surface area contributed by atoms with Crippen LogP contribution in [0.4, 0.5) is 17.1 Å². The normalized spacial score (nSPS) is 15.6. The molecule has 1 heterocycles. The summed E-state index contributed by atoms with van der Waals surface area (Å²) < 4.78 is 10.4. The van der Waals surface area contributed by atoms with Crippen LogP contribution in [0, 0.1) is 10.1 Å². The number of benzene rings is 2. The predicted molar refractivity (Wildman–Crippen MR) is 93.0 cm³/mol. The van der Waals surface area contributed by atoms with Crippen LogP contribution in [-0.2, 0) is 9.53 Å². The fourth-order valence-electron chi connectivity index (χ4n) is 2.83. The molecule has 0 unspecified atom stereocenters. The highest BCUT2D eigenvalue weighted by molar-refractivity contribution is 5.96. The van der Waals surface area contributed by atoms with Gasteiger partial charge in [-0.05, 0) is 31.2 Å². The number of Topliss-reactive ketones (excluding diaryl/α,β-unsaturated/α-hetero) is 1. The first-order valence-electron chi connectivity index (χ1n) is 7.82. The first-order valence-corrected chi connectivity index (χ1v) is 7.82. The molecule has 0 fully saturated rings. The Morgan fingerprint density at radius 3 is 2.62 bits per heavy atom. The smallest absolute Gasteiger partial charge is 0.348 e. The lowest BCUT2D eigenvalue weighted by Gasteiger charge is -2.34. The van der Waals surface area contributed by atoms with Gasteiger partial charge < -0.3 is 14.4 Å². The molecule has 26 heavy (non-hydrogen) atoms. The van der Waals surface area contributed by atoms with E-state index in [0.717, 1.165) is 0 Å². The Morgan fingerprint density at radius 1 is 1.23 bits per heavy atom. The molecule has 1 atom stereocenters. The fourth-order valence-corrected chi connectivity index (χ4v) is 2.83. The third kappa shape index (κ3) is 3.08. The van der Waals surface area contributed by atoms with Crippen molar-refractivity contribution < 1.29 is 24.0 Å². The van der Waals surface area contributed by atoms with Gasteiger partial charge in [-0.1, -0.05) is 12.1 Å². The van der Waals surface area contributed by atoms with Gasteiger partial charge in [0.15, 0.2) is 5.78 Å². The summed E-state index contributed by atoms with van der Waals surface area (Å²) in [5.74, 6) is -0.430. The van der Waals surface area contributed by atoms with E-state index in [1.54, 1.807) is 29.2 Å². The Morgan fingerprint density at radius 2 is 1.96 bits per heavy atom. The third-order valence-electron chi connectivity index (χ3n) is 4.11. The number of carbonyl (C=O) groups is 2. The number of anilines is 2. The van der Waals surface area contributed by atoms with E-state index in [1.165, 1.54) is 32.2 Å². The van der Waals surface area contributed by atoms with Crippen molar-refractivity contribution in [1.82, 2.24) is 0 Å². The average molecular weight is 356 g/mol. The highest BCUT2D eigenvalue weighted by Gasteiger charge is 2.34. The highest BCUT2D eigenvalue weighted by Crippen LogP contribution is 2.42. The van der Waals surface area contributed by atoms with Crippen molar-refractivity contribution in [2.24, 2.45) is 0 Å². The Balaban J connectivity index is 2.14. The number of nitrogens with zero attached hydrogens (tertiary/aromatic N) is 2. The Bertz CT molecular complexity index is 895. The standard InChI is InChI=1S/C18H16N2O6/c1-11(21)12-7-8-13(15(9-12)20(23)24)19-10-17(18(22)25-2)26-16-6-4-3-5-14(16)19/h3-9,17H,10H2,1-2H3/t17-/m0/s1. The second kappa shape index (κ2) is 6.83. The van der Waals surface area contributed by atoms with Gasteiger partial charge in [0.05, 0.1) is 24.3 Å². The Kier molecular flexibility index (Phi) is 4.57. The van der Waals surface area contributed by atoms with Gasteiger partial charge in [-0.2, -0.15) is 0 Å². The molecular formula is C18H16N2O6. The van der Waals surface area contributed by atoms with Gasteiger partial charge in [0.2, 0.25) is 6.10 Å². The van der Waals surface area contributed by atoms with E-state index in [-0.39, 0.29) is 29.3 Å². The van der Waals surface area contributed by atoms with Crippen molar-refractivity contribution >= 4 is 28.8 Å². The summed E-state index contributed by atoms with van der Waals surface area (Å²) in [7, 11) is 1.25. The molecule has 1 aliphatic rings. The monoisotopic (exact) mass is 356 g/mol. The SMILES string of the molecule is COC(=O)[C@@H]1CN(c2ccc(C(C)=O)cc2[N+](=O)[O-])c2ccccc2O1. The van der Waals surface area contributed by atoms with E-state index in [1.807, 2.05) is 0 Å². The number of hydrogen-bond donors (Lipinski definition) is 0. The van der Waals surface area contributed by atoms with Crippen molar-refractivity contribution in [2.45, 2.75) is 13.0 Å². The van der Waals surface area contributed by atoms with Crippen LogP contribution < -0.4 is 9.64 Å². The maximum absolute atomic E-state index is 12.0. The quantitative estimate of drug-likeness (QED) is 0.359. The van der Waals surface area contributed by atoms with Crippen LogP contribution in [0.2, 0.25) is 0 Å². The summed E-state index contributed by atoms with van der Waals surface area (Å²) in [4.78, 5) is 36.2. The number of fused-ring (bicyclic) bond motifs is 1. The molecule has 0 saturated carbocycles. The van der Waals surface area contributed by atoms with E-state index < -0.39 is 17.0 Å². The molecule has 1 aliphatic heterocycles. The maximum Gasteiger partial charge on any atom is 0.348 e. The first kappa shape index (κ1) is 17.4. The lowest BCUT2D eigenvalue weighted by molar-refractivity contribution is -0.384. The number of para-hydroxylation sites is 2. The Hall–Kier alpha value is -3.42. The molecule has 8 nitrogen and oxygen atoms in total. The average Bonchev–Trinajstić information content (AvgIpc) is 2.65. The Labute approximate surface area is 149 Å². The molecule has 0 saturated heterocycles. The number of nitro benzene ring substituents is 1. The van der Waals surface area contributed by atoms with Gasteiger partial charge in [-0.15, -0.1) is 0 Å². The van der Waals surface area contributed by atoms with Crippen LogP contribution in [-0.4, -0.2) is 36.4 Å². The van der Waals surface area contributed by atoms with Crippen LogP contribution in [0.25, 0.3) is 0 Å². The van der Waals surface area contributed by atoms with Crippen LogP contribution in [0.15, 0.2) is 42.5 Å². The fraction of sp³-hybridized carbons (Fsp3) is 0.222. The van der Waals surface area contributed by atoms with E-state index in [2.05, 4.69) is 0 Å². The summed E-state index contributed by atoms with van der Waals surface area (Å²) in [6, 6.07) is 11.2. The van der Waals surface area contributed by atoms with Gasteiger partial charge in [0.1, 0.15) is 11.4 Å². The molecule has 2 aromatic carbocycles. The first-order chi connectivity index (χ1) is 12.4. The van der Waals surface area contributed by atoms with Gasteiger partial charge >= 0.3 is 5.97 Å². The van der Waals surface area contributed by atoms with Crippen LogP contribution in [0.1, 0.15) is 17.3 Å². The number of nitro groups is 1. The zero-order valence-corrected chi connectivity index (χ0v) is 14.2. The molecule has 2 aromatic rings. The zero-order valence-electron chi connectivity index (χ0n) is 14.2. The summed E-state index contributed by atoms with van der Waals surface area (Å²) in [6.45, 7) is 1.39. The molecule has 0 amide bonds. The van der Waals surface area contributed by atoms with Crippen LogP contribution >= 0.6 is 0 Å². The number of carbonyl (C=O) groups excluding carboxylic acids is 2. The molecule has 8 heteroatoms. The number of hydrogen-bond acceptors (Lipinski definition) is 7. The molecular weight excluding hydrogens is 340 g/mol. The second-order valence-electron chi connectivity index (χ2n) is 5.72. The molecule has 0 aliphatic carbocycles. The second-order valence-corrected chi connectivity index (χ2v) is 5.72. The lowest BCUT2D eigenvalue weighted by Crippen LogP contribution is -2.43. The van der Waals surface area contributed by atoms with E-state index in [9.17, 15) is 19.7 Å². The number of ketones is 1. The minimum atomic E-state index is -0.929. The molecule has 0 spiro atoms. The summed E-state index contributed by atoms with van der Waals surface area (Å²) >= 11 is 0. The van der Waals surface area contributed by atoms with Crippen molar-refractivity contribution in [3.8, 4) is 5.75 Å². The van der Waals surface area contributed by atoms with Gasteiger partial charge in [-0.3, -0.25) is 14.9 Å². The summed E-state index contributed by atoms with van der Waals surface area (Å²) in [5.41, 5.74) is 0.875. The van der Waals surface area contributed by atoms with E-state index in [0.29, 0.717) is 11.4 Å². The summed E-state index contributed by atoms with van der Waals surface area (Å²) in [6.07, 6.45) is -0.929. The minimum absolute atomic E-state index is 0.0456. The molecule has 0 N–H and O–H groups in total. The van der Waals surface area contributed by atoms with Crippen molar-refractivity contribution in [1.29, 1.82) is 0 Å². The molecule has 0 bridgehead atoms. The molecule has 0 radical (unpaired) electrons. The maximum atomic E-state index is 12.0. The van der Waals surface area contributed by atoms with E-state index in [4.69, 9.17) is 9.47 Å². The topological polar surface area (TPSA) is 99.0 Å². The number of rotatable bonds is 4. The number of ether oxygens (including phenoxy) is 2. The van der Waals surface area contributed by atoms with Crippen LogP contribution in [0.3, 0.4) is 0 Å². The molecule has 0 aromatic heterocycles.